The number of rotatable bonds is 11. The zero-order valence-electron chi connectivity index (χ0n) is 14.3. The second-order valence-electron chi connectivity index (χ2n) is 7.54. The number of aliphatic hydroxyl groups excluding tert-OH is 2. The third-order valence-electron chi connectivity index (χ3n) is 3.53. The molecule has 0 fully saturated rings. The predicted molar refractivity (Wildman–Crippen MR) is 86.1 cm³/mol. The van der Waals surface area contributed by atoms with Gasteiger partial charge in [0.05, 0.1) is 12.7 Å². The van der Waals surface area contributed by atoms with Crippen LogP contribution in [0.3, 0.4) is 0 Å². The van der Waals surface area contributed by atoms with Gasteiger partial charge in [-0.1, -0.05) is 27.7 Å². The molecule has 0 radical (unpaired) electrons. The highest BCUT2D eigenvalue weighted by molar-refractivity contribution is 5.75. The highest BCUT2D eigenvalue weighted by atomic mass is 16.3. The smallest absolute Gasteiger partial charge is 0.220 e. The van der Waals surface area contributed by atoms with Gasteiger partial charge >= 0.3 is 0 Å². The summed E-state index contributed by atoms with van der Waals surface area (Å²) in [7, 11) is 1.96. The van der Waals surface area contributed by atoms with Crippen molar-refractivity contribution < 1.29 is 15.0 Å². The zero-order chi connectivity index (χ0) is 16.5. The molecule has 0 rings (SSSR count). The Balaban J connectivity index is 4.04. The van der Waals surface area contributed by atoms with Crippen LogP contribution in [0.4, 0.5) is 0 Å². The van der Waals surface area contributed by atoms with Gasteiger partial charge in [-0.25, -0.2) is 0 Å². The Morgan fingerprint density at radius 1 is 1.14 bits per heavy atom. The second kappa shape index (κ2) is 9.38. The van der Waals surface area contributed by atoms with Gasteiger partial charge in [-0.15, -0.1) is 0 Å². The maximum atomic E-state index is 11.8. The Bertz CT molecular complexity index is 304. The van der Waals surface area contributed by atoms with Crippen molar-refractivity contribution in [2.75, 3.05) is 26.7 Å². The van der Waals surface area contributed by atoms with Gasteiger partial charge in [0.15, 0.2) is 0 Å². The maximum absolute atomic E-state index is 11.8. The van der Waals surface area contributed by atoms with E-state index >= 15 is 0 Å². The van der Waals surface area contributed by atoms with Crippen LogP contribution in [0.5, 0.6) is 0 Å². The number of carbonyl (C=O) groups is 1. The third kappa shape index (κ3) is 10.7. The highest BCUT2D eigenvalue weighted by Gasteiger charge is 2.28. The largest absolute Gasteiger partial charge is 0.394 e. The Hall–Kier alpha value is -0.650. The minimum atomic E-state index is -0.711. The first-order chi connectivity index (χ1) is 9.62. The molecule has 0 aromatic carbocycles. The summed E-state index contributed by atoms with van der Waals surface area (Å²) in [4.78, 5) is 11.8. The van der Waals surface area contributed by atoms with Crippen LogP contribution in [-0.2, 0) is 4.79 Å². The number of hydrogen-bond acceptors (Lipinski definition) is 4. The quantitative estimate of drug-likeness (QED) is 0.463. The first kappa shape index (κ1) is 20.3. The van der Waals surface area contributed by atoms with E-state index in [4.69, 9.17) is 5.11 Å². The number of aliphatic hydroxyl groups is 2. The van der Waals surface area contributed by atoms with Crippen molar-refractivity contribution in [3.05, 3.63) is 0 Å². The molecule has 0 unspecified atom stereocenters. The Morgan fingerprint density at radius 2 is 1.71 bits per heavy atom. The van der Waals surface area contributed by atoms with E-state index in [-0.39, 0.29) is 23.3 Å². The van der Waals surface area contributed by atoms with Gasteiger partial charge in [0.1, 0.15) is 0 Å². The molecule has 4 N–H and O–H groups in total. The molecule has 0 aromatic rings. The van der Waals surface area contributed by atoms with E-state index in [1.165, 1.54) is 0 Å². The maximum Gasteiger partial charge on any atom is 0.220 e. The van der Waals surface area contributed by atoms with E-state index < -0.39 is 6.10 Å². The Labute approximate surface area is 129 Å². The van der Waals surface area contributed by atoms with Crippen LogP contribution in [0.15, 0.2) is 0 Å². The van der Waals surface area contributed by atoms with E-state index in [0.717, 1.165) is 13.0 Å². The molecule has 0 aromatic heterocycles. The normalized spacial score (nSPS) is 14.0. The van der Waals surface area contributed by atoms with E-state index in [1.54, 1.807) is 0 Å². The lowest BCUT2D eigenvalue weighted by molar-refractivity contribution is -0.121. The van der Waals surface area contributed by atoms with Crippen molar-refractivity contribution in [1.82, 2.24) is 10.6 Å². The highest BCUT2D eigenvalue weighted by Crippen LogP contribution is 2.32. The van der Waals surface area contributed by atoms with Crippen molar-refractivity contribution in [3.8, 4) is 0 Å². The van der Waals surface area contributed by atoms with Crippen molar-refractivity contribution in [2.24, 2.45) is 10.8 Å². The molecule has 0 saturated carbocycles. The van der Waals surface area contributed by atoms with Crippen LogP contribution < -0.4 is 10.6 Å². The average Bonchev–Trinajstić information content (AvgIpc) is 2.34. The topological polar surface area (TPSA) is 81.6 Å². The summed E-state index contributed by atoms with van der Waals surface area (Å²) >= 11 is 0. The van der Waals surface area contributed by atoms with Crippen LogP contribution >= 0.6 is 0 Å². The third-order valence-corrected chi connectivity index (χ3v) is 3.53. The monoisotopic (exact) mass is 302 g/mol. The minimum Gasteiger partial charge on any atom is -0.394 e. The molecule has 1 atom stereocenters. The Morgan fingerprint density at radius 3 is 2.24 bits per heavy atom. The fourth-order valence-electron chi connectivity index (χ4n) is 2.91. The van der Waals surface area contributed by atoms with Gasteiger partial charge in [-0.05, 0) is 43.7 Å². The summed E-state index contributed by atoms with van der Waals surface area (Å²) in [5.74, 6) is 0.0136. The molecule has 5 heteroatoms. The Kier molecular flexibility index (Phi) is 9.09. The molecule has 0 aliphatic heterocycles. The van der Waals surface area contributed by atoms with E-state index in [0.29, 0.717) is 25.8 Å². The van der Waals surface area contributed by atoms with E-state index in [9.17, 15) is 9.90 Å². The first-order valence-electron chi connectivity index (χ1n) is 7.82. The SMILES string of the molecule is CNCC(C)(C)CC(C)(C)CNC(=O)CCC[C@H](O)CO. The summed E-state index contributed by atoms with van der Waals surface area (Å²) in [5, 5.41) is 24.1. The molecular formula is C16H34N2O3. The molecule has 0 heterocycles. The minimum absolute atomic E-state index is 0.0136. The lowest BCUT2D eigenvalue weighted by Gasteiger charge is -2.35. The summed E-state index contributed by atoms with van der Waals surface area (Å²) < 4.78 is 0. The molecule has 0 spiro atoms. The fourth-order valence-corrected chi connectivity index (χ4v) is 2.91. The molecule has 1 amide bonds. The predicted octanol–water partition coefficient (Wildman–Crippen LogP) is 1.29. The number of carbonyl (C=O) groups excluding carboxylic acids is 1. The molecular weight excluding hydrogens is 268 g/mol. The lowest BCUT2D eigenvalue weighted by Crippen LogP contribution is -2.39. The van der Waals surface area contributed by atoms with Gasteiger partial charge in [-0.3, -0.25) is 4.79 Å². The molecule has 0 bridgehead atoms. The van der Waals surface area contributed by atoms with Crippen LogP contribution in [0.1, 0.15) is 53.4 Å². The van der Waals surface area contributed by atoms with Crippen LogP contribution in [0.25, 0.3) is 0 Å². The number of nitrogens with one attached hydrogen (secondary N) is 2. The van der Waals surface area contributed by atoms with Crippen LogP contribution in [0, 0.1) is 10.8 Å². The lowest BCUT2D eigenvalue weighted by atomic mass is 9.75. The van der Waals surface area contributed by atoms with Crippen LogP contribution in [0.2, 0.25) is 0 Å². The van der Waals surface area contributed by atoms with Crippen molar-refractivity contribution in [1.29, 1.82) is 0 Å². The van der Waals surface area contributed by atoms with Gasteiger partial charge in [0.2, 0.25) is 5.91 Å². The number of hydrogen-bond donors (Lipinski definition) is 4. The summed E-state index contributed by atoms with van der Waals surface area (Å²) in [6.07, 6.45) is 1.76. The van der Waals surface area contributed by atoms with Gasteiger partial charge < -0.3 is 20.8 Å². The molecule has 0 aliphatic rings. The molecule has 0 aliphatic carbocycles. The average molecular weight is 302 g/mol. The van der Waals surface area contributed by atoms with E-state index in [2.05, 4.69) is 38.3 Å². The standard InChI is InChI=1S/C16H34N2O3/c1-15(2,11-17-5)10-16(3,4)12-18-14(21)8-6-7-13(20)9-19/h13,17,19-20H,6-12H2,1-5H3,(H,18,21)/t13-/m0/s1. The fraction of sp³-hybridized carbons (Fsp3) is 0.938. The molecule has 126 valence electrons. The second-order valence-corrected chi connectivity index (χ2v) is 7.54. The molecule has 21 heavy (non-hydrogen) atoms. The van der Waals surface area contributed by atoms with Gasteiger partial charge in [0.25, 0.3) is 0 Å². The van der Waals surface area contributed by atoms with Gasteiger partial charge in [0, 0.05) is 13.0 Å². The van der Waals surface area contributed by atoms with Crippen molar-refractivity contribution in [3.63, 3.8) is 0 Å². The summed E-state index contributed by atoms with van der Waals surface area (Å²) in [5.41, 5.74) is 0.231. The zero-order valence-corrected chi connectivity index (χ0v) is 14.3. The first-order valence-corrected chi connectivity index (χ1v) is 7.82. The van der Waals surface area contributed by atoms with Gasteiger partial charge in [-0.2, -0.15) is 0 Å². The van der Waals surface area contributed by atoms with Crippen LogP contribution in [-0.4, -0.2) is 49.0 Å². The number of amides is 1. The van der Waals surface area contributed by atoms with Crippen molar-refractivity contribution in [2.45, 2.75) is 59.5 Å². The summed E-state index contributed by atoms with van der Waals surface area (Å²) in [6.45, 7) is 10.1. The van der Waals surface area contributed by atoms with E-state index in [1.807, 2.05) is 7.05 Å². The summed E-state index contributed by atoms with van der Waals surface area (Å²) in [6, 6.07) is 0. The molecule has 5 nitrogen and oxygen atoms in total. The van der Waals surface area contributed by atoms with Crippen molar-refractivity contribution >= 4 is 5.91 Å². The molecule has 0 saturated heterocycles.